The molecule has 1 rings (SSSR count). The summed E-state index contributed by atoms with van der Waals surface area (Å²) in [5, 5.41) is 5.72. The molecule has 0 aliphatic rings. The zero-order chi connectivity index (χ0) is 14.3. The minimum atomic E-state index is 0.244. The topological polar surface area (TPSA) is 15.3 Å². The van der Waals surface area contributed by atoms with Crippen molar-refractivity contribution >= 4 is 11.3 Å². The Bertz CT molecular complexity index is 327. The third-order valence-corrected chi connectivity index (χ3v) is 4.43. The molecule has 1 aromatic heterocycles. The van der Waals surface area contributed by atoms with Gasteiger partial charge in [0.25, 0.3) is 0 Å². The Balaban J connectivity index is 2.12. The molecular weight excluding hydrogens is 252 g/mol. The fourth-order valence-corrected chi connectivity index (χ4v) is 2.74. The van der Waals surface area contributed by atoms with Gasteiger partial charge in [-0.3, -0.25) is 0 Å². The van der Waals surface area contributed by atoms with Crippen LogP contribution < -0.4 is 5.32 Å². The van der Waals surface area contributed by atoms with Crippen LogP contribution in [-0.4, -0.2) is 36.6 Å². The van der Waals surface area contributed by atoms with Gasteiger partial charge in [0, 0.05) is 23.0 Å². The Morgan fingerprint density at radius 1 is 1.37 bits per heavy atom. The molecule has 0 saturated carbocycles. The molecule has 19 heavy (non-hydrogen) atoms. The van der Waals surface area contributed by atoms with Crippen LogP contribution in [0.2, 0.25) is 0 Å². The van der Waals surface area contributed by atoms with Gasteiger partial charge in [0.15, 0.2) is 0 Å². The number of nitrogens with zero attached hydrogens (tertiary/aromatic N) is 1. The molecule has 110 valence electrons. The predicted molar refractivity (Wildman–Crippen MR) is 87.1 cm³/mol. The molecule has 0 fully saturated rings. The maximum atomic E-state index is 3.55. The molecular formula is C16H30N2S. The summed E-state index contributed by atoms with van der Waals surface area (Å²) in [5.74, 6) is 0. The molecule has 0 aliphatic heterocycles. The smallest absolute Gasteiger partial charge is 0.00965 e. The number of rotatable bonds is 8. The van der Waals surface area contributed by atoms with Crippen LogP contribution in [0.5, 0.6) is 0 Å². The summed E-state index contributed by atoms with van der Waals surface area (Å²) in [6, 6.07) is 5.04. The van der Waals surface area contributed by atoms with Gasteiger partial charge in [-0.1, -0.05) is 6.07 Å². The molecule has 1 unspecified atom stereocenters. The Kier molecular flexibility index (Phi) is 7.05. The van der Waals surface area contributed by atoms with Crippen LogP contribution in [0.1, 0.15) is 45.4 Å². The van der Waals surface area contributed by atoms with Crippen LogP contribution in [0, 0.1) is 0 Å². The average molecular weight is 282 g/mol. The van der Waals surface area contributed by atoms with E-state index in [-0.39, 0.29) is 5.54 Å². The lowest BCUT2D eigenvalue weighted by Crippen LogP contribution is -2.37. The van der Waals surface area contributed by atoms with E-state index in [2.05, 4.69) is 62.5 Å². The summed E-state index contributed by atoms with van der Waals surface area (Å²) in [6.07, 6.45) is 3.70. The fourth-order valence-electron chi connectivity index (χ4n) is 2.04. The molecule has 0 bridgehead atoms. The Labute approximate surface area is 123 Å². The zero-order valence-corrected chi connectivity index (χ0v) is 14.0. The van der Waals surface area contributed by atoms with Crippen LogP contribution in [0.25, 0.3) is 0 Å². The van der Waals surface area contributed by atoms with E-state index in [1.807, 2.05) is 11.3 Å². The fraction of sp³-hybridized carbons (Fsp3) is 0.750. The molecule has 0 amide bonds. The molecule has 0 saturated heterocycles. The van der Waals surface area contributed by atoms with Gasteiger partial charge in [0.1, 0.15) is 0 Å². The van der Waals surface area contributed by atoms with Gasteiger partial charge in [0.2, 0.25) is 0 Å². The Morgan fingerprint density at radius 2 is 2.11 bits per heavy atom. The number of thiophene rings is 1. The van der Waals surface area contributed by atoms with E-state index < -0.39 is 0 Å². The molecule has 0 aliphatic carbocycles. The molecule has 1 N–H and O–H groups in total. The van der Waals surface area contributed by atoms with Crippen molar-refractivity contribution in [2.24, 2.45) is 0 Å². The van der Waals surface area contributed by atoms with Gasteiger partial charge in [-0.05, 0) is 72.0 Å². The summed E-state index contributed by atoms with van der Waals surface area (Å²) in [7, 11) is 2.25. The van der Waals surface area contributed by atoms with Crippen LogP contribution in [-0.2, 0) is 6.42 Å². The van der Waals surface area contributed by atoms with Gasteiger partial charge < -0.3 is 10.2 Å². The van der Waals surface area contributed by atoms with E-state index in [0.29, 0.717) is 6.04 Å². The summed E-state index contributed by atoms with van der Waals surface area (Å²) < 4.78 is 0. The first-order valence-electron chi connectivity index (χ1n) is 7.36. The third kappa shape index (κ3) is 7.71. The van der Waals surface area contributed by atoms with Crippen molar-refractivity contribution in [3.8, 4) is 0 Å². The van der Waals surface area contributed by atoms with E-state index in [1.165, 1.54) is 24.1 Å². The van der Waals surface area contributed by atoms with E-state index in [0.717, 1.165) is 13.1 Å². The monoisotopic (exact) mass is 282 g/mol. The van der Waals surface area contributed by atoms with E-state index in [1.54, 1.807) is 0 Å². The van der Waals surface area contributed by atoms with E-state index in [4.69, 9.17) is 0 Å². The Hall–Kier alpha value is -0.380. The van der Waals surface area contributed by atoms with Crippen molar-refractivity contribution in [1.29, 1.82) is 0 Å². The number of hydrogen-bond donors (Lipinski definition) is 1. The lowest BCUT2D eigenvalue weighted by Gasteiger charge is -2.26. The molecule has 0 spiro atoms. The normalized spacial score (nSPS) is 14.0. The van der Waals surface area contributed by atoms with Crippen molar-refractivity contribution < 1.29 is 0 Å². The predicted octanol–water partition coefficient (Wildman–Crippen LogP) is 3.78. The highest BCUT2D eigenvalue weighted by atomic mass is 32.1. The second-order valence-electron chi connectivity index (χ2n) is 6.48. The molecule has 3 heteroatoms. The van der Waals surface area contributed by atoms with Gasteiger partial charge in [-0.2, -0.15) is 0 Å². The molecule has 1 atom stereocenters. The first-order valence-corrected chi connectivity index (χ1v) is 8.24. The first-order chi connectivity index (χ1) is 8.88. The van der Waals surface area contributed by atoms with Gasteiger partial charge in [0.05, 0.1) is 0 Å². The van der Waals surface area contributed by atoms with Crippen LogP contribution >= 0.6 is 11.3 Å². The summed E-state index contributed by atoms with van der Waals surface area (Å²) in [5.41, 5.74) is 0.244. The van der Waals surface area contributed by atoms with Crippen molar-refractivity contribution in [2.75, 3.05) is 20.1 Å². The minimum absolute atomic E-state index is 0.244. The quantitative estimate of drug-likeness (QED) is 0.730. The highest BCUT2D eigenvalue weighted by molar-refractivity contribution is 7.09. The Morgan fingerprint density at radius 3 is 2.68 bits per heavy atom. The number of hydrogen-bond acceptors (Lipinski definition) is 3. The molecule has 0 aromatic carbocycles. The second kappa shape index (κ2) is 8.03. The molecule has 1 aromatic rings. The van der Waals surface area contributed by atoms with Gasteiger partial charge in [-0.15, -0.1) is 11.3 Å². The van der Waals surface area contributed by atoms with Crippen molar-refractivity contribution in [3.63, 3.8) is 0 Å². The van der Waals surface area contributed by atoms with E-state index in [9.17, 15) is 0 Å². The lowest BCUT2D eigenvalue weighted by molar-refractivity contribution is 0.243. The average Bonchev–Trinajstić information content (AvgIpc) is 2.83. The maximum Gasteiger partial charge on any atom is 0.00965 e. The molecule has 2 nitrogen and oxygen atoms in total. The van der Waals surface area contributed by atoms with Crippen molar-refractivity contribution in [2.45, 2.75) is 58.5 Å². The number of likely N-dealkylation sites (N-methyl/N-ethyl adjacent to an activating group) is 1. The van der Waals surface area contributed by atoms with Crippen molar-refractivity contribution in [1.82, 2.24) is 10.2 Å². The largest absolute Gasteiger partial charge is 0.312 e. The standard InChI is InChI=1S/C16H30N2S/c1-14(8-6-11-17-16(2,3)4)18(5)12-10-15-9-7-13-19-15/h7,9,13-14,17H,6,8,10-12H2,1-5H3. The van der Waals surface area contributed by atoms with Gasteiger partial charge in [-0.25, -0.2) is 0 Å². The first kappa shape index (κ1) is 16.7. The summed E-state index contributed by atoms with van der Waals surface area (Å²) in [6.45, 7) is 11.3. The molecule has 1 heterocycles. The van der Waals surface area contributed by atoms with Crippen LogP contribution in [0.15, 0.2) is 17.5 Å². The maximum absolute atomic E-state index is 3.55. The lowest BCUT2D eigenvalue weighted by atomic mass is 10.1. The molecule has 0 radical (unpaired) electrons. The third-order valence-electron chi connectivity index (χ3n) is 3.50. The van der Waals surface area contributed by atoms with Crippen LogP contribution in [0.4, 0.5) is 0 Å². The summed E-state index contributed by atoms with van der Waals surface area (Å²) in [4.78, 5) is 3.98. The van der Waals surface area contributed by atoms with Crippen LogP contribution in [0.3, 0.4) is 0 Å². The highest BCUT2D eigenvalue weighted by Crippen LogP contribution is 2.11. The second-order valence-corrected chi connectivity index (χ2v) is 7.51. The number of nitrogens with one attached hydrogen (secondary N) is 1. The SMILES string of the molecule is CC(CCCNC(C)(C)C)N(C)CCc1cccs1. The van der Waals surface area contributed by atoms with Crippen molar-refractivity contribution in [3.05, 3.63) is 22.4 Å². The van der Waals surface area contributed by atoms with E-state index >= 15 is 0 Å². The zero-order valence-electron chi connectivity index (χ0n) is 13.2. The minimum Gasteiger partial charge on any atom is -0.312 e. The van der Waals surface area contributed by atoms with Gasteiger partial charge >= 0.3 is 0 Å². The summed E-state index contributed by atoms with van der Waals surface area (Å²) >= 11 is 1.86. The highest BCUT2D eigenvalue weighted by Gasteiger charge is 2.11.